The predicted molar refractivity (Wildman–Crippen MR) is 106 cm³/mol. The van der Waals surface area contributed by atoms with Crippen molar-refractivity contribution >= 4 is 28.5 Å². The second-order valence-electron chi connectivity index (χ2n) is 7.40. The molecule has 1 unspecified atom stereocenters. The first-order valence-electron chi connectivity index (χ1n) is 9.50. The average molecular weight is 408 g/mol. The van der Waals surface area contributed by atoms with E-state index in [1.165, 1.54) is 15.9 Å². The Morgan fingerprint density at radius 1 is 1.13 bits per heavy atom. The largest absolute Gasteiger partial charge is 0.450 e. The van der Waals surface area contributed by atoms with Gasteiger partial charge in [0.15, 0.2) is 11.0 Å². The molecule has 7 nitrogen and oxygen atoms in total. The normalized spacial score (nSPS) is 19.8. The van der Waals surface area contributed by atoms with Crippen molar-refractivity contribution in [2.45, 2.75) is 12.0 Å². The third-order valence-corrected chi connectivity index (χ3v) is 5.87. The average Bonchev–Trinajstić information content (AvgIpc) is 3.12. The molecule has 1 atom stereocenters. The minimum Gasteiger partial charge on any atom is -0.450 e. The van der Waals surface area contributed by atoms with Crippen LogP contribution in [-0.2, 0) is 10.3 Å². The molecule has 0 bridgehead atoms. The van der Waals surface area contributed by atoms with E-state index in [-0.39, 0.29) is 41.9 Å². The highest BCUT2D eigenvalue weighted by Crippen LogP contribution is 2.52. The molecule has 0 radical (unpaired) electrons. The maximum absolute atomic E-state index is 13.9. The summed E-state index contributed by atoms with van der Waals surface area (Å²) in [5, 5.41) is 9.32. The fourth-order valence-corrected chi connectivity index (χ4v) is 4.60. The van der Waals surface area contributed by atoms with E-state index in [0.29, 0.717) is 11.3 Å². The zero-order chi connectivity index (χ0) is 21.2. The molecule has 0 saturated heterocycles. The Kier molecular flexibility index (Phi) is 3.85. The molecule has 2 aromatic carbocycles. The van der Waals surface area contributed by atoms with Gasteiger partial charge >= 0.3 is 0 Å². The molecule has 3 heterocycles. The van der Waals surface area contributed by atoms with Crippen molar-refractivity contribution in [1.29, 1.82) is 0 Å². The maximum atomic E-state index is 13.9. The van der Waals surface area contributed by atoms with E-state index in [4.69, 9.17) is 4.42 Å². The first-order valence-corrected chi connectivity index (χ1v) is 9.50. The van der Waals surface area contributed by atoms with Crippen LogP contribution in [0.4, 0.5) is 10.1 Å². The van der Waals surface area contributed by atoms with Crippen LogP contribution in [0.1, 0.15) is 28.1 Å². The number of fused-ring (bicyclic) bond motifs is 5. The van der Waals surface area contributed by atoms with E-state index in [1.54, 1.807) is 31.3 Å². The predicted octanol–water partition coefficient (Wildman–Crippen LogP) is 1.99. The van der Waals surface area contributed by atoms with Crippen LogP contribution in [0.15, 0.2) is 51.7 Å². The van der Waals surface area contributed by atoms with Crippen LogP contribution in [0.5, 0.6) is 0 Å². The Balaban J connectivity index is 1.93. The highest BCUT2D eigenvalue weighted by Gasteiger charge is 2.64. The number of hydrogen-bond acceptors (Lipinski definition) is 5. The molecule has 30 heavy (non-hydrogen) atoms. The Bertz CT molecular complexity index is 1300. The molecule has 2 aliphatic rings. The lowest BCUT2D eigenvalue weighted by Gasteiger charge is -2.33. The van der Waals surface area contributed by atoms with E-state index in [9.17, 15) is 23.9 Å². The van der Waals surface area contributed by atoms with Crippen molar-refractivity contribution in [2.75, 3.05) is 25.1 Å². The number of aliphatic hydroxyl groups excluding tert-OH is 1. The first kappa shape index (κ1) is 18.5. The second kappa shape index (κ2) is 6.24. The van der Waals surface area contributed by atoms with Gasteiger partial charge in [0.25, 0.3) is 11.8 Å². The van der Waals surface area contributed by atoms with Crippen LogP contribution >= 0.6 is 0 Å². The first-order chi connectivity index (χ1) is 14.4. The summed E-state index contributed by atoms with van der Waals surface area (Å²) >= 11 is 0. The lowest BCUT2D eigenvalue weighted by atomic mass is 9.84. The van der Waals surface area contributed by atoms with E-state index in [2.05, 4.69) is 0 Å². The van der Waals surface area contributed by atoms with Crippen molar-refractivity contribution in [3.63, 3.8) is 0 Å². The van der Waals surface area contributed by atoms with Gasteiger partial charge in [0.1, 0.15) is 11.4 Å². The number of carbonyl (C=O) groups excluding carboxylic acids is 2. The molecule has 1 aromatic heterocycles. The molecule has 5 rings (SSSR count). The number of hydrogen-bond donors (Lipinski definition) is 1. The number of nitrogens with zero attached hydrogens (tertiary/aromatic N) is 2. The second-order valence-corrected chi connectivity index (χ2v) is 7.40. The molecule has 2 amide bonds. The van der Waals surface area contributed by atoms with Gasteiger partial charge in [-0.3, -0.25) is 14.4 Å². The summed E-state index contributed by atoms with van der Waals surface area (Å²) in [7, 11) is 1.57. The summed E-state index contributed by atoms with van der Waals surface area (Å²) in [6.45, 7) is -0.159. The summed E-state index contributed by atoms with van der Waals surface area (Å²) in [6, 6.07) is 10.4. The van der Waals surface area contributed by atoms with Crippen LogP contribution in [0.2, 0.25) is 0 Å². The minimum atomic E-state index is -1.71. The number of rotatable bonds is 3. The molecular formula is C22H17FN2O5. The number of benzene rings is 2. The molecule has 152 valence electrons. The molecular weight excluding hydrogens is 391 g/mol. The third kappa shape index (κ3) is 2.08. The molecule has 0 saturated carbocycles. The number of likely N-dealkylation sites (N-methyl/N-ethyl adjacent to an activating group) is 1. The van der Waals surface area contributed by atoms with Crippen molar-refractivity contribution in [3.8, 4) is 0 Å². The molecule has 2 aliphatic heterocycles. The lowest BCUT2D eigenvalue weighted by molar-refractivity contribution is -0.125. The van der Waals surface area contributed by atoms with Gasteiger partial charge in [0.05, 0.1) is 10.9 Å². The van der Waals surface area contributed by atoms with Gasteiger partial charge < -0.3 is 19.3 Å². The Morgan fingerprint density at radius 2 is 1.90 bits per heavy atom. The lowest BCUT2D eigenvalue weighted by Crippen LogP contribution is -2.53. The number of para-hydroxylation sites is 1. The Labute approximate surface area is 169 Å². The summed E-state index contributed by atoms with van der Waals surface area (Å²) in [4.78, 5) is 43.2. The fraction of sp³-hybridized carbons (Fsp3) is 0.227. The Hall–Kier alpha value is -3.52. The van der Waals surface area contributed by atoms with Crippen molar-refractivity contribution in [3.05, 3.63) is 75.4 Å². The van der Waals surface area contributed by atoms with Gasteiger partial charge in [-0.2, -0.15) is 0 Å². The molecule has 1 N–H and O–H groups in total. The van der Waals surface area contributed by atoms with Gasteiger partial charge in [0, 0.05) is 31.5 Å². The van der Waals surface area contributed by atoms with E-state index < -0.39 is 28.6 Å². The zero-order valence-corrected chi connectivity index (χ0v) is 16.0. The van der Waals surface area contributed by atoms with Crippen LogP contribution in [0.3, 0.4) is 0 Å². The molecule has 3 aromatic rings. The Morgan fingerprint density at radius 3 is 2.67 bits per heavy atom. The van der Waals surface area contributed by atoms with Crippen LogP contribution in [-0.4, -0.2) is 42.0 Å². The maximum Gasteiger partial charge on any atom is 0.291 e. The highest BCUT2D eigenvalue weighted by atomic mass is 19.1. The highest BCUT2D eigenvalue weighted by molar-refractivity contribution is 6.16. The monoisotopic (exact) mass is 408 g/mol. The van der Waals surface area contributed by atoms with E-state index in [0.717, 1.165) is 12.1 Å². The van der Waals surface area contributed by atoms with Gasteiger partial charge in [-0.1, -0.05) is 18.2 Å². The number of carbonyl (C=O) groups is 2. The van der Waals surface area contributed by atoms with Crippen LogP contribution < -0.4 is 10.3 Å². The number of halogens is 1. The summed E-state index contributed by atoms with van der Waals surface area (Å²) in [6.07, 6.45) is 0.211. The zero-order valence-electron chi connectivity index (χ0n) is 16.0. The van der Waals surface area contributed by atoms with Gasteiger partial charge in [-0.25, -0.2) is 4.39 Å². The van der Waals surface area contributed by atoms with Crippen LogP contribution in [0, 0.1) is 5.82 Å². The molecule has 0 fully saturated rings. The number of amides is 2. The fourth-order valence-electron chi connectivity index (χ4n) is 4.60. The van der Waals surface area contributed by atoms with Crippen LogP contribution in [0.25, 0.3) is 11.0 Å². The standard InChI is InChI=1S/C22H17FN2O5/c1-24-15-6-3-2-5-14(15)22(21(24)29)17-18(27)13-11-12(23)7-8-16(13)30-19(17)20(28)25(22)9-4-10-26/h2-3,5-8,11,26H,4,9-10H2,1H3. The molecule has 8 heteroatoms. The van der Waals surface area contributed by atoms with Crippen molar-refractivity contribution in [1.82, 2.24) is 4.90 Å². The smallest absolute Gasteiger partial charge is 0.291 e. The number of aliphatic hydroxyl groups is 1. The van der Waals surface area contributed by atoms with E-state index in [1.807, 2.05) is 0 Å². The van der Waals surface area contributed by atoms with Gasteiger partial charge in [-0.15, -0.1) is 0 Å². The van der Waals surface area contributed by atoms with Gasteiger partial charge in [-0.05, 0) is 30.7 Å². The molecule has 0 aliphatic carbocycles. The van der Waals surface area contributed by atoms with E-state index >= 15 is 0 Å². The number of anilines is 1. The van der Waals surface area contributed by atoms with Gasteiger partial charge in [0.2, 0.25) is 5.76 Å². The minimum absolute atomic E-state index is 0.0373. The molecule has 1 spiro atoms. The van der Waals surface area contributed by atoms with Crippen molar-refractivity contribution < 1.29 is 23.5 Å². The summed E-state index contributed by atoms with van der Waals surface area (Å²) < 4.78 is 19.6. The summed E-state index contributed by atoms with van der Waals surface area (Å²) in [5.74, 6) is -1.94. The third-order valence-electron chi connectivity index (χ3n) is 5.87. The topological polar surface area (TPSA) is 91.1 Å². The summed E-state index contributed by atoms with van der Waals surface area (Å²) in [5.41, 5.74) is -1.33. The SMILES string of the molecule is CN1C(=O)C2(c3ccccc31)c1c(oc3ccc(F)cc3c1=O)C(=O)N2CCCO. The van der Waals surface area contributed by atoms with Crippen molar-refractivity contribution in [2.24, 2.45) is 0 Å². The quantitative estimate of drug-likeness (QED) is 0.716.